The normalized spacial score (nSPS) is 12.9. The molecule has 0 rings (SSSR count). The summed E-state index contributed by atoms with van der Waals surface area (Å²) in [7, 11) is 0. The molecular weight excluding hydrogens is 490 g/mol. The summed E-state index contributed by atoms with van der Waals surface area (Å²) in [5, 5.41) is 25.6. The number of guanidine groups is 1. The number of nitrogens with one attached hydrogen (secondary N) is 3. The van der Waals surface area contributed by atoms with Crippen molar-refractivity contribution >= 4 is 35.8 Å². The topological polar surface area (TPSA) is 262 Å². The Hall–Kier alpha value is -3.62. The first kappa shape index (κ1) is 33.4. The van der Waals surface area contributed by atoms with Crippen LogP contribution in [0.1, 0.15) is 64.7 Å². The van der Waals surface area contributed by atoms with Crippen LogP contribution in [0.5, 0.6) is 0 Å². The quantitative estimate of drug-likeness (QED) is 0.0535. The van der Waals surface area contributed by atoms with Crippen molar-refractivity contribution in [1.29, 1.82) is 0 Å². The predicted molar refractivity (Wildman–Crippen MR) is 134 cm³/mol. The maximum Gasteiger partial charge on any atom is 0.407 e. The Morgan fingerprint density at radius 1 is 0.838 bits per heavy atom. The minimum atomic E-state index is -1.52. The Balaban J connectivity index is 5.35. The van der Waals surface area contributed by atoms with E-state index in [0.717, 1.165) is 12.8 Å². The van der Waals surface area contributed by atoms with Gasteiger partial charge in [-0.25, -0.2) is 9.59 Å². The fourth-order valence-electron chi connectivity index (χ4n) is 3.15. The van der Waals surface area contributed by atoms with Gasteiger partial charge < -0.3 is 48.1 Å². The van der Waals surface area contributed by atoms with Crippen molar-refractivity contribution in [1.82, 2.24) is 16.0 Å². The molecule has 15 heteroatoms. The molecule has 3 amide bonds. The molecule has 0 aliphatic heterocycles. The van der Waals surface area contributed by atoms with Crippen LogP contribution in [-0.2, 0) is 23.9 Å². The van der Waals surface area contributed by atoms with Crippen LogP contribution in [0.2, 0.25) is 0 Å². The first-order valence-corrected chi connectivity index (χ1v) is 12.3. The van der Waals surface area contributed by atoms with Crippen LogP contribution >= 0.6 is 0 Å². The van der Waals surface area contributed by atoms with Gasteiger partial charge in [-0.15, -0.1) is 0 Å². The Morgan fingerprint density at radius 2 is 1.46 bits per heavy atom. The third-order valence-corrected chi connectivity index (χ3v) is 5.11. The van der Waals surface area contributed by atoms with Crippen molar-refractivity contribution in [2.24, 2.45) is 22.2 Å². The fraction of sp³-hybridized carbons (Fsp3) is 0.727. The van der Waals surface area contributed by atoms with Gasteiger partial charge >= 0.3 is 18.0 Å². The Kier molecular flexibility index (Phi) is 17.6. The van der Waals surface area contributed by atoms with Crippen LogP contribution in [0.15, 0.2) is 4.99 Å². The van der Waals surface area contributed by atoms with E-state index >= 15 is 0 Å². The molecule has 212 valence electrons. The lowest BCUT2D eigenvalue weighted by atomic mass is 10.1. The van der Waals surface area contributed by atoms with Gasteiger partial charge in [-0.3, -0.25) is 19.4 Å². The number of carboxylic acid groups (broad SMARTS) is 2. The molecule has 0 unspecified atom stereocenters. The molecule has 0 saturated heterocycles. The van der Waals surface area contributed by atoms with Gasteiger partial charge in [0.2, 0.25) is 11.8 Å². The van der Waals surface area contributed by atoms with Gasteiger partial charge in [0.1, 0.15) is 18.1 Å². The van der Waals surface area contributed by atoms with Crippen LogP contribution in [0.25, 0.3) is 0 Å². The average molecular weight is 532 g/mol. The Morgan fingerprint density at radius 3 is 2.03 bits per heavy atom. The molecule has 0 fully saturated rings. The summed E-state index contributed by atoms with van der Waals surface area (Å²) in [5.74, 6) is -4.51. The molecule has 37 heavy (non-hydrogen) atoms. The molecule has 0 radical (unpaired) electrons. The van der Waals surface area contributed by atoms with E-state index in [1.807, 2.05) is 6.92 Å². The lowest BCUT2D eigenvalue weighted by Crippen LogP contribution is -2.56. The molecule has 11 N–H and O–H groups in total. The number of unbranched alkanes of at least 4 members (excludes halogenated alkanes) is 3. The highest BCUT2D eigenvalue weighted by atomic mass is 16.5. The van der Waals surface area contributed by atoms with E-state index in [9.17, 15) is 34.2 Å². The fourth-order valence-corrected chi connectivity index (χ4v) is 3.15. The lowest BCUT2D eigenvalue weighted by Gasteiger charge is -2.24. The average Bonchev–Trinajstić information content (AvgIpc) is 2.82. The number of nitrogens with zero attached hydrogens (tertiary/aromatic N) is 1. The molecular formula is C22H41N7O8. The molecule has 0 aliphatic carbocycles. The summed E-state index contributed by atoms with van der Waals surface area (Å²) in [4.78, 5) is 64.4. The van der Waals surface area contributed by atoms with Gasteiger partial charge in [0.25, 0.3) is 0 Å². The van der Waals surface area contributed by atoms with Gasteiger partial charge in [-0.05, 0) is 45.1 Å². The maximum atomic E-state index is 12.9. The van der Waals surface area contributed by atoms with E-state index in [4.69, 9.17) is 21.9 Å². The second-order valence-corrected chi connectivity index (χ2v) is 8.33. The summed E-state index contributed by atoms with van der Waals surface area (Å²) in [6, 6.07) is -3.99. The monoisotopic (exact) mass is 531 g/mol. The summed E-state index contributed by atoms with van der Waals surface area (Å²) < 4.78 is 4.97. The standard InChI is InChI=1S/C22H41N7O8/c1-2-3-6-12-37-22(36)29-16(13-17(30)31)19(33)27-14(8-4-5-10-23)18(32)28-15(20(34)35)9-7-11-26-21(24)25/h14-16H,2-13,23H2,1H3,(H,27,33)(H,28,32)(H,29,36)(H,30,31)(H,34,35)(H4,24,25,26)/t14-,15-,16-/m0/s1. The second-order valence-electron chi connectivity index (χ2n) is 8.33. The minimum Gasteiger partial charge on any atom is -0.481 e. The SMILES string of the molecule is CCCCCOC(=O)N[C@@H](CC(=O)O)C(=O)N[C@@H](CCCCN)C(=O)N[C@@H](CCCN=C(N)N)C(=O)O. The van der Waals surface area contributed by atoms with Crippen molar-refractivity contribution in [2.75, 3.05) is 19.7 Å². The number of rotatable bonds is 20. The molecule has 0 aromatic carbocycles. The molecule has 0 spiro atoms. The smallest absolute Gasteiger partial charge is 0.407 e. The predicted octanol–water partition coefficient (Wildman–Crippen LogP) is -1.02. The van der Waals surface area contributed by atoms with Gasteiger partial charge in [-0.1, -0.05) is 19.8 Å². The van der Waals surface area contributed by atoms with Crippen LogP contribution in [0, 0.1) is 0 Å². The van der Waals surface area contributed by atoms with Crippen molar-refractivity contribution in [3.05, 3.63) is 0 Å². The van der Waals surface area contributed by atoms with Gasteiger partial charge in [0.15, 0.2) is 5.96 Å². The van der Waals surface area contributed by atoms with E-state index in [1.54, 1.807) is 0 Å². The highest BCUT2D eigenvalue weighted by molar-refractivity contribution is 5.94. The zero-order valence-corrected chi connectivity index (χ0v) is 21.2. The number of nitrogens with two attached hydrogens (primary N) is 3. The Labute approximate surface area is 215 Å². The molecule has 0 saturated carbocycles. The summed E-state index contributed by atoms with van der Waals surface area (Å²) in [6.07, 6.45) is 1.98. The Bertz CT molecular complexity index is 774. The van der Waals surface area contributed by atoms with Crippen molar-refractivity contribution in [2.45, 2.75) is 82.8 Å². The van der Waals surface area contributed by atoms with E-state index in [2.05, 4.69) is 20.9 Å². The highest BCUT2D eigenvalue weighted by Gasteiger charge is 2.30. The van der Waals surface area contributed by atoms with Crippen LogP contribution in [-0.4, -0.2) is 83.8 Å². The number of aliphatic imine (C=N–C) groups is 1. The number of hydrogen-bond donors (Lipinski definition) is 8. The zero-order valence-electron chi connectivity index (χ0n) is 21.2. The first-order chi connectivity index (χ1) is 17.5. The largest absolute Gasteiger partial charge is 0.481 e. The van der Waals surface area contributed by atoms with E-state index < -0.39 is 54.4 Å². The molecule has 15 nitrogen and oxygen atoms in total. The number of carboxylic acids is 2. The first-order valence-electron chi connectivity index (χ1n) is 12.3. The summed E-state index contributed by atoms with van der Waals surface area (Å²) >= 11 is 0. The van der Waals surface area contributed by atoms with E-state index in [-0.39, 0.29) is 38.4 Å². The van der Waals surface area contributed by atoms with E-state index in [0.29, 0.717) is 25.8 Å². The van der Waals surface area contributed by atoms with Gasteiger partial charge in [-0.2, -0.15) is 0 Å². The van der Waals surface area contributed by atoms with Gasteiger partial charge in [0, 0.05) is 6.54 Å². The number of alkyl carbamates (subject to hydrolysis) is 1. The number of ether oxygens (including phenoxy) is 1. The van der Waals surface area contributed by atoms with Crippen molar-refractivity contribution in [3.63, 3.8) is 0 Å². The summed E-state index contributed by atoms with van der Waals surface area (Å²) in [5.41, 5.74) is 16.0. The van der Waals surface area contributed by atoms with Crippen molar-refractivity contribution in [3.8, 4) is 0 Å². The third-order valence-electron chi connectivity index (χ3n) is 5.11. The molecule has 0 aliphatic rings. The molecule has 0 heterocycles. The molecule has 0 bridgehead atoms. The minimum absolute atomic E-state index is 0.0222. The lowest BCUT2D eigenvalue weighted by molar-refractivity contribution is -0.143. The van der Waals surface area contributed by atoms with Crippen LogP contribution in [0.3, 0.4) is 0 Å². The third kappa shape index (κ3) is 16.6. The summed E-state index contributed by atoms with van der Waals surface area (Å²) in [6.45, 7) is 2.57. The number of carbonyl (C=O) groups excluding carboxylic acids is 3. The maximum absolute atomic E-state index is 12.9. The number of amides is 3. The second kappa shape index (κ2) is 19.6. The molecule has 0 aromatic heterocycles. The highest BCUT2D eigenvalue weighted by Crippen LogP contribution is 2.06. The van der Waals surface area contributed by atoms with Crippen molar-refractivity contribution < 1.29 is 38.9 Å². The van der Waals surface area contributed by atoms with Gasteiger partial charge in [0.05, 0.1) is 13.0 Å². The number of aliphatic carboxylic acids is 2. The van der Waals surface area contributed by atoms with Crippen LogP contribution < -0.4 is 33.2 Å². The molecule has 3 atom stereocenters. The number of carbonyl (C=O) groups is 5. The molecule has 0 aromatic rings. The van der Waals surface area contributed by atoms with E-state index in [1.165, 1.54) is 0 Å². The zero-order chi connectivity index (χ0) is 28.2. The number of hydrogen-bond acceptors (Lipinski definition) is 8. The van der Waals surface area contributed by atoms with Crippen LogP contribution in [0.4, 0.5) is 4.79 Å².